The van der Waals surface area contributed by atoms with Crippen molar-refractivity contribution < 1.29 is 23.7 Å². The Bertz CT molecular complexity index is 1020. The van der Waals surface area contributed by atoms with Crippen molar-refractivity contribution in [3.8, 4) is 28.4 Å². The van der Waals surface area contributed by atoms with Gasteiger partial charge in [0, 0.05) is 29.2 Å². The monoisotopic (exact) mass is 478 g/mol. The van der Waals surface area contributed by atoms with Crippen molar-refractivity contribution in [2.45, 2.75) is 13.5 Å². The average Bonchev–Trinajstić information content (AvgIpc) is 3.38. The van der Waals surface area contributed by atoms with Crippen LogP contribution in [0.1, 0.15) is 23.1 Å². The average molecular weight is 479 g/mol. The van der Waals surface area contributed by atoms with Crippen molar-refractivity contribution in [1.29, 1.82) is 0 Å². The summed E-state index contributed by atoms with van der Waals surface area (Å²) in [6.45, 7) is 2.38. The highest BCUT2D eigenvalue weighted by atomic mass is 79.9. The summed E-state index contributed by atoms with van der Waals surface area (Å²) >= 11 is 3.56. The van der Waals surface area contributed by atoms with Crippen molar-refractivity contribution >= 4 is 27.8 Å². The predicted molar refractivity (Wildman–Crippen MR) is 115 cm³/mol. The lowest BCUT2D eigenvalue weighted by Crippen LogP contribution is -2.07. The number of carbonyl (C=O) groups is 1. The van der Waals surface area contributed by atoms with Crippen LogP contribution in [-0.4, -0.2) is 48.9 Å². The van der Waals surface area contributed by atoms with Gasteiger partial charge in [0.05, 0.1) is 39.0 Å². The minimum Gasteiger partial charge on any atom is -0.493 e. The van der Waals surface area contributed by atoms with Crippen LogP contribution in [0.15, 0.2) is 29.0 Å². The van der Waals surface area contributed by atoms with Gasteiger partial charge in [0.2, 0.25) is 5.75 Å². The molecule has 160 valence electrons. The molecule has 0 saturated carbocycles. The van der Waals surface area contributed by atoms with Crippen LogP contribution in [0.5, 0.6) is 17.2 Å². The number of carbonyl (C=O) groups excluding carboxylic acids is 1. The maximum Gasteiger partial charge on any atom is 0.355 e. The Morgan fingerprint density at radius 2 is 1.93 bits per heavy atom. The summed E-state index contributed by atoms with van der Waals surface area (Å²) in [5.41, 5.74) is 2.48. The van der Waals surface area contributed by atoms with E-state index in [1.165, 1.54) is 0 Å². The molecule has 3 aromatic rings. The second kappa shape index (κ2) is 9.57. The number of imidazole rings is 1. The SMILES string of the molecule is CCOC(=O)c1[nH]c(CNc2ncc[nH]2)c(-c2ccc(OC)c(OC)c2OC)c1Br. The second-order valence-electron chi connectivity index (χ2n) is 6.06. The van der Waals surface area contributed by atoms with E-state index < -0.39 is 5.97 Å². The molecule has 3 N–H and O–H groups in total. The number of aromatic amines is 2. The van der Waals surface area contributed by atoms with E-state index in [0.717, 1.165) is 11.3 Å². The molecule has 0 unspecified atom stereocenters. The summed E-state index contributed by atoms with van der Waals surface area (Å²) in [6, 6.07) is 3.63. The van der Waals surface area contributed by atoms with Crippen LogP contribution in [0.3, 0.4) is 0 Å². The van der Waals surface area contributed by atoms with Crippen molar-refractivity contribution in [3.05, 3.63) is 40.4 Å². The summed E-state index contributed by atoms with van der Waals surface area (Å²) in [5.74, 6) is 1.60. The van der Waals surface area contributed by atoms with Gasteiger partial charge in [-0.2, -0.15) is 0 Å². The Kier molecular flexibility index (Phi) is 6.88. The van der Waals surface area contributed by atoms with Gasteiger partial charge >= 0.3 is 5.97 Å². The Morgan fingerprint density at radius 1 is 1.17 bits per heavy atom. The van der Waals surface area contributed by atoms with Gasteiger partial charge in [-0.05, 0) is 35.0 Å². The van der Waals surface area contributed by atoms with Crippen LogP contribution in [0.25, 0.3) is 11.1 Å². The van der Waals surface area contributed by atoms with E-state index in [-0.39, 0.29) is 6.61 Å². The van der Waals surface area contributed by atoms with Crippen molar-refractivity contribution in [2.75, 3.05) is 33.3 Å². The first kappa shape index (κ1) is 21.6. The molecule has 0 atom stereocenters. The first-order valence-corrected chi connectivity index (χ1v) is 9.94. The van der Waals surface area contributed by atoms with E-state index >= 15 is 0 Å². The van der Waals surface area contributed by atoms with Gasteiger partial charge in [-0.25, -0.2) is 9.78 Å². The Labute approximate surface area is 182 Å². The zero-order valence-corrected chi connectivity index (χ0v) is 18.7. The molecule has 1 aromatic carbocycles. The number of methoxy groups -OCH3 is 3. The van der Waals surface area contributed by atoms with Crippen molar-refractivity contribution in [3.63, 3.8) is 0 Å². The van der Waals surface area contributed by atoms with E-state index in [2.05, 4.69) is 36.2 Å². The van der Waals surface area contributed by atoms with Crippen LogP contribution >= 0.6 is 15.9 Å². The highest BCUT2D eigenvalue weighted by molar-refractivity contribution is 9.10. The quantitative estimate of drug-likeness (QED) is 0.398. The summed E-state index contributed by atoms with van der Waals surface area (Å²) in [7, 11) is 4.65. The molecule has 0 radical (unpaired) electrons. The molecule has 0 aliphatic carbocycles. The fourth-order valence-electron chi connectivity index (χ4n) is 3.12. The Morgan fingerprint density at radius 3 is 2.53 bits per heavy atom. The van der Waals surface area contributed by atoms with E-state index in [1.807, 2.05) is 6.07 Å². The lowest BCUT2D eigenvalue weighted by atomic mass is 10.0. The summed E-state index contributed by atoms with van der Waals surface area (Å²) in [6.07, 6.45) is 3.37. The molecule has 0 fully saturated rings. The first-order chi connectivity index (χ1) is 14.5. The van der Waals surface area contributed by atoms with Crippen molar-refractivity contribution in [2.24, 2.45) is 0 Å². The maximum absolute atomic E-state index is 12.5. The molecule has 2 heterocycles. The van der Waals surface area contributed by atoms with Crippen molar-refractivity contribution in [1.82, 2.24) is 15.0 Å². The van der Waals surface area contributed by atoms with Gasteiger partial charge in [0.15, 0.2) is 17.4 Å². The standard InChI is InChI=1S/C20H23BrN4O5/c1-5-30-19(26)16-15(21)14(12(25-16)10-24-20-22-8-9-23-20)11-6-7-13(27-2)18(29-4)17(11)28-3/h6-9,25H,5,10H2,1-4H3,(H2,22,23,24). The fourth-order valence-corrected chi connectivity index (χ4v) is 3.83. The molecule has 3 rings (SSSR count). The third-order valence-corrected chi connectivity index (χ3v) is 5.19. The number of nitrogens with one attached hydrogen (secondary N) is 3. The Balaban J connectivity index is 2.15. The number of hydrogen-bond donors (Lipinski definition) is 3. The molecule has 9 nitrogen and oxygen atoms in total. The summed E-state index contributed by atoms with van der Waals surface area (Å²) in [5, 5.41) is 3.18. The zero-order chi connectivity index (χ0) is 21.7. The number of rotatable bonds is 9. The van der Waals surface area contributed by atoms with Gasteiger partial charge in [0.1, 0.15) is 5.69 Å². The first-order valence-electron chi connectivity index (χ1n) is 9.15. The molecular formula is C20H23BrN4O5. The number of aromatic nitrogens is 3. The van der Waals surface area contributed by atoms with Crippen LogP contribution in [0, 0.1) is 0 Å². The summed E-state index contributed by atoms with van der Waals surface area (Å²) < 4.78 is 22.3. The van der Waals surface area contributed by atoms with Gasteiger partial charge in [-0.1, -0.05) is 0 Å². The number of anilines is 1. The van der Waals surface area contributed by atoms with Crippen LogP contribution < -0.4 is 19.5 Å². The smallest absolute Gasteiger partial charge is 0.355 e. The largest absolute Gasteiger partial charge is 0.493 e. The zero-order valence-electron chi connectivity index (χ0n) is 17.1. The van der Waals surface area contributed by atoms with Crippen LogP contribution in [-0.2, 0) is 11.3 Å². The minimum absolute atomic E-state index is 0.263. The highest BCUT2D eigenvalue weighted by Crippen LogP contribution is 2.47. The maximum atomic E-state index is 12.5. The Hall–Kier alpha value is -3.14. The molecule has 10 heteroatoms. The third-order valence-electron chi connectivity index (χ3n) is 4.40. The molecule has 30 heavy (non-hydrogen) atoms. The van der Waals surface area contributed by atoms with Crippen LogP contribution in [0.4, 0.5) is 5.95 Å². The van der Waals surface area contributed by atoms with E-state index in [9.17, 15) is 4.79 Å². The lowest BCUT2D eigenvalue weighted by Gasteiger charge is -2.16. The third kappa shape index (κ3) is 4.09. The topological polar surface area (TPSA) is 110 Å². The molecule has 0 aliphatic heterocycles. The van der Waals surface area contributed by atoms with E-state index in [0.29, 0.717) is 45.5 Å². The van der Waals surface area contributed by atoms with E-state index in [1.54, 1.807) is 46.7 Å². The predicted octanol–water partition coefficient (Wildman–Crippen LogP) is 3.98. The van der Waals surface area contributed by atoms with Gasteiger partial charge in [-0.15, -0.1) is 0 Å². The molecule has 0 amide bonds. The minimum atomic E-state index is -0.464. The van der Waals surface area contributed by atoms with Crippen LogP contribution in [0.2, 0.25) is 0 Å². The number of esters is 1. The lowest BCUT2D eigenvalue weighted by molar-refractivity contribution is 0.0519. The number of ether oxygens (including phenoxy) is 4. The number of halogens is 1. The van der Waals surface area contributed by atoms with Gasteiger partial charge in [0.25, 0.3) is 0 Å². The molecule has 0 bridgehead atoms. The highest BCUT2D eigenvalue weighted by Gasteiger charge is 2.27. The molecule has 0 spiro atoms. The van der Waals surface area contributed by atoms with Gasteiger partial charge in [-0.3, -0.25) is 0 Å². The normalized spacial score (nSPS) is 10.6. The number of benzene rings is 1. The fraction of sp³-hybridized carbons (Fsp3) is 0.300. The summed E-state index contributed by atoms with van der Waals surface area (Å²) in [4.78, 5) is 22.8. The molecule has 0 saturated heterocycles. The molecule has 2 aromatic heterocycles. The number of hydrogen-bond acceptors (Lipinski definition) is 7. The molecular weight excluding hydrogens is 456 g/mol. The number of H-pyrrole nitrogens is 2. The number of nitrogens with zero attached hydrogens (tertiary/aromatic N) is 1. The van der Waals surface area contributed by atoms with E-state index in [4.69, 9.17) is 18.9 Å². The second-order valence-corrected chi connectivity index (χ2v) is 6.85. The van der Waals surface area contributed by atoms with Gasteiger partial charge < -0.3 is 34.2 Å². The molecule has 0 aliphatic rings.